The third kappa shape index (κ3) is 4.72. The van der Waals surface area contributed by atoms with Crippen molar-refractivity contribution in [2.75, 3.05) is 13.7 Å². The van der Waals surface area contributed by atoms with Crippen LogP contribution < -0.4 is 0 Å². The van der Waals surface area contributed by atoms with Crippen LogP contribution in [-0.2, 0) is 9.47 Å². The van der Waals surface area contributed by atoms with E-state index in [4.69, 9.17) is 4.74 Å². The van der Waals surface area contributed by atoms with E-state index in [1.165, 1.54) is 7.11 Å². The molecule has 3 heteroatoms. The zero-order valence-corrected chi connectivity index (χ0v) is 10.3. The maximum absolute atomic E-state index is 11.2. The van der Waals surface area contributed by atoms with Crippen molar-refractivity contribution in [3.8, 4) is 0 Å². The molecule has 0 radical (unpaired) electrons. The van der Waals surface area contributed by atoms with Crippen LogP contribution in [-0.4, -0.2) is 19.7 Å². The van der Waals surface area contributed by atoms with Crippen molar-refractivity contribution in [2.24, 2.45) is 0 Å². The van der Waals surface area contributed by atoms with Crippen LogP contribution in [0.25, 0.3) is 6.08 Å². The number of esters is 1. The molecular formula is C14H18O3. The van der Waals surface area contributed by atoms with Crippen molar-refractivity contribution >= 4 is 12.0 Å². The highest BCUT2D eigenvalue weighted by molar-refractivity contribution is 5.89. The Labute approximate surface area is 102 Å². The molecule has 1 aromatic carbocycles. The summed E-state index contributed by atoms with van der Waals surface area (Å²) in [5, 5.41) is 0. The lowest BCUT2D eigenvalue weighted by molar-refractivity contribution is 0.0601. The Morgan fingerprint density at radius 3 is 2.59 bits per heavy atom. The van der Waals surface area contributed by atoms with E-state index in [9.17, 15) is 4.79 Å². The van der Waals surface area contributed by atoms with E-state index in [1.807, 2.05) is 18.2 Å². The molecule has 1 aromatic rings. The number of rotatable bonds is 6. The van der Waals surface area contributed by atoms with Gasteiger partial charge in [0.2, 0.25) is 0 Å². The van der Waals surface area contributed by atoms with Crippen molar-refractivity contribution < 1.29 is 14.3 Å². The van der Waals surface area contributed by atoms with Crippen LogP contribution in [0.5, 0.6) is 0 Å². The molecule has 0 amide bonds. The van der Waals surface area contributed by atoms with E-state index >= 15 is 0 Å². The Bertz CT molecular complexity index is 366. The van der Waals surface area contributed by atoms with Gasteiger partial charge in [-0.15, -0.1) is 0 Å². The van der Waals surface area contributed by atoms with Crippen LogP contribution in [0.3, 0.4) is 0 Å². The van der Waals surface area contributed by atoms with Crippen LogP contribution in [0, 0.1) is 0 Å². The van der Waals surface area contributed by atoms with Crippen LogP contribution >= 0.6 is 0 Å². The summed E-state index contributed by atoms with van der Waals surface area (Å²) >= 11 is 0. The molecule has 1 rings (SSSR count). The van der Waals surface area contributed by atoms with Crippen LogP contribution in [0.2, 0.25) is 0 Å². The van der Waals surface area contributed by atoms with E-state index in [2.05, 4.69) is 11.7 Å². The quantitative estimate of drug-likeness (QED) is 0.430. The third-order valence-electron chi connectivity index (χ3n) is 2.30. The Balaban J connectivity index is 2.48. The highest BCUT2D eigenvalue weighted by Gasteiger charge is 2.02. The lowest BCUT2D eigenvalue weighted by atomic mass is 10.1. The summed E-state index contributed by atoms with van der Waals surface area (Å²) < 4.78 is 9.92. The van der Waals surface area contributed by atoms with E-state index in [1.54, 1.807) is 18.4 Å². The zero-order chi connectivity index (χ0) is 12.5. The topological polar surface area (TPSA) is 35.5 Å². The van der Waals surface area contributed by atoms with Gasteiger partial charge in [0, 0.05) is 0 Å². The van der Waals surface area contributed by atoms with Gasteiger partial charge >= 0.3 is 5.97 Å². The maximum Gasteiger partial charge on any atom is 0.337 e. The number of benzene rings is 1. The molecule has 0 aliphatic rings. The van der Waals surface area contributed by atoms with E-state index in [-0.39, 0.29) is 5.97 Å². The fourth-order valence-electron chi connectivity index (χ4n) is 1.27. The highest BCUT2D eigenvalue weighted by Crippen LogP contribution is 2.07. The maximum atomic E-state index is 11.2. The monoisotopic (exact) mass is 234 g/mol. The first-order chi connectivity index (χ1) is 8.27. The minimum atomic E-state index is -0.320. The van der Waals surface area contributed by atoms with Crippen LogP contribution in [0.4, 0.5) is 0 Å². The predicted molar refractivity (Wildman–Crippen MR) is 67.7 cm³/mol. The number of hydrogen-bond donors (Lipinski definition) is 0. The lowest BCUT2D eigenvalue weighted by Crippen LogP contribution is -2.00. The molecule has 0 N–H and O–H groups in total. The smallest absolute Gasteiger partial charge is 0.337 e. The van der Waals surface area contributed by atoms with E-state index < -0.39 is 0 Å². The molecule has 0 aliphatic heterocycles. The van der Waals surface area contributed by atoms with Crippen molar-refractivity contribution in [3.63, 3.8) is 0 Å². The molecule has 0 unspecified atom stereocenters. The normalized spacial score (nSPS) is 10.5. The Morgan fingerprint density at radius 1 is 1.29 bits per heavy atom. The summed E-state index contributed by atoms with van der Waals surface area (Å²) in [5.74, 6) is -0.320. The SMILES string of the molecule is CCCCO/C=C\c1ccc(C(=O)OC)cc1. The minimum Gasteiger partial charge on any atom is -0.501 e. The molecule has 0 aromatic heterocycles. The second-order valence-corrected chi connectivity index (χ2v) is 3.64. The molecule has 0 aliphatic carbocycles. The second kappa shape index (κ2) is 7.49. The average molecular weight is 234 g/mol. The van der Waals surface area contributed by atoms with Crippen molar-refractivity contribution in [2.45, 2.75) is 19.8 Å². The summed E-state index contributed by atoms with van der Waals surface area (Å²) in [6, 6.07) is 7.17. The van der Waals surface area contributed by atoms with Gasteiger partial charge in [-0.25, -0.2) is 4.79 Å². The van der Waals surface area contributed by atoms with Gasteiger partial charge in [-0.1, -0.05) is 25.5 Å². The number of hydrogen-bond acceptors (Lipinski definition) is 3. The highest BCUT2D eigenvalue weighted by atomic mass is 16.5. The number of ether oxygens (including phenoxy) is 2. The third-order valence-corrected chi connectivity index (χ3v) is 2.30. The lowest BCUT2D eigenvalue weighted by Gasteiger charge is -2.00. The van der Waals surface area contributed by atoms with Gasteiger partial charge in [-0.2, -0.15) is 0 Å². The number of carbonyl (C=O) groups is 1. The molecule has 17 heavy (non-hydrogen) atoms. The van der Waals surface area contributed by atoms with Crippen molar-refractivity contribution in [3.05, 3.63) is 41.7 Å². The van der Waals surface area contributed by atoms with Gasteiger partial charge < -0.3 is 9.47 Å². The fourth-order valence-corrected chi connectivity index (χ4v) is 1.27. The molecule has 92 valence electrons. The van der Waals surface area contributed by atoms with Crippen LogP contribution in [0.1, 0.15) is 35.7 Å². The van der Waals surface area contributed by atoms with Crippen molar-refractivity contribution in [1.29, 1.82) is 0 Å². The first-order valence-electron chi connectivity index (χ1n) is 5.74. The summed E-state index contributed by atoms with van der Waals surface area (Å²) in [4.78, 5) is 11.2. The Hall–Kier alpha value is -1.77. The minimum absolute atomic E-state index is 0.320. The first kappa shape index (κ1) is 13.3. The molecule has 0 saturated carbocycles. The van der Waals surface area contributed by atoms with Gasteiger partial charge in [0.1, 0.15) is 0 Å². The molecule has 3 nitrogen and oxygen atoms in total. The molecule has 0 spiro atoms. The van der Waals surface area contributed by atoms with E-state index in [0.29, 0.717) is 5.56 Å². The fraction of sp³-hybridized carbons (Fsp3) is 0.357. The van der Waals surface area contributed by atoms with Gasteiger partial charge in [-0.3, -0.25) is 0 Å². The average Bonchev–Trinajstić information content (AvgIpc) is 2.38. The van der Waals surface area contributed by atoms with Gasteiger partial charge in [0.25, 0.3) is 0 Å². The van der Waals surface area contributed by atoms with Gasteiger partial charge in [0.05, 0.1) is 25.5 Å². The van der Waals surface area contributed by atoms with Crippen LogP contribution in [0.15, 0.2) is 30.5 Å². The molecule has 0 atom stereocenters. The number of methoxy groups -OCH3 is 1. The summed E-state index contributed by atoms with van der Waals surface area (Å²) in [6.45, 7) is 2.87. The molecule has 0 heterocycles. The molecular weight excluding hydrogens is 216 g/mol. The van der Waals surface area contributed by atoms with Gasteiger partial charge in [-0.05, 0) is 30.2 Å². The van der Waals surface area contributed by atoms with Crippen molar-refractivity contribution in [1.82, 2.24) is 0 Å². The Morgan fingerprint density at radius 2 is 2.00 bits per heavy atom. The molecule has 0 saturated heterocycles. The first-order valence-corrected chi connectivity index (χ1v) is 5.74. The standard InChI is InChI=1S/C14H18O3/c1-3-4-10-17-11-9-12-5-7-13(8-6-12)14(15)16-2/h5-9,11H,3-4,10H2,1-2H3/b11-9-. The molecule has 0 fully saturated rings. The molecule has 0 bridgehead atoms. The van der Waals surface area contributed by atoms with Gasteiger partial charge in [0.15, 0.2) is 0 Å². The largest absolute Gasteiger partial charge is 0.501 e. The zero-order valence-electron chi connectivity index (χ0n) is 10.3. The number of unbranched alkanes of at least 4 members (excludes halogenated alkanes) is 1. The predicted octanol–water partition coefficient (Wildman–Crippen LogP) is 3.26. The summed E-state index contributed by atoms with van der Waals surface area (Å²) in [5.41, 5.74) is 1.55. The second-order valence-electron chi connectivity index (χ2n) is 3.64. The Kier molecular flexibility index (Phi) is 5.86. The summed E-state index contributed by atoms with van der Waals surface area (Å²) in [7, 11) is 1.37. The number of carbonyl (C=O) groups excluding carboxylic acids is 1. The van der Waals surface area contributed by atoms with E-state index in [0.717, 1.165) is 25.0 Å². The summed E-state index contributed by atoms with van der Waals surface area (Å²) in [6.07, 6.45) is 5.74.